The molecule has 0 bridgehead atoms. The molecular weight excluding hydrogens is 286 g/mol. The first-order chi connectivity index (χ1) is 9.72. The van der Waals surface area contributed by atoms with E-state index in [9.17, 15) is 4.79 Å². The molecule has 0 aromatic heterocycles. The summed E-state index contributed by atoms with van der Waals surface area (Å²) in [7, 11) is 0. The molecule has 1 aromatic rings. The number of halogens is 1. The average Bonchev–Trinajstić information content (AvgIpc) is 2.40. The summed E-state index contributed by atoms with van der Waals surface area (Å²) in [5.41, 5.74) is 2.12. The van der Waals surface area contributed by atoms with Gasteiger partial charge < -0.3 is 10.7 Å². The molecule has 2 N–H and O–H groups in total. The number of rotatable bonds is 4. The molecule has 0 spiro atoms. The minimum Gasteiger partial charge on any atom is -0.313 e. The van der Waals surface area contributed by atoms with Crippen LogP contribution in [0.4, 0.5) is 5.69 Å². The number of benzene rings is 1. The quantitative estimate of drug-likeness (QED) is 0.495. The number of carbonyl (C=O) groups excluding carboxylic acids is 1. The Hall–Kier alpha value is -1.68. The summed E-state index contributed by atoms with van der Waals surface area (Å²) in [6.07, 6.45) is 0.292. The molecule has 1 aromatic carbocycles. The molecule has 4 nitrogen and oxygen atoms in total. The van der Waals surface area contributed by atoms with Gasteiger partial charge in [0.25, 0.3) is 0 Å². The Morgan fingerprint density at radius 1 is 1.29 bits per heavy atom. The predicted octanol–water partition coefficient (Wildman–Crippen LogP) is 3.84. The lowest BCUT2D eigenvalue weighted by Crippen LogP contribution is -2.35. The zero-order valence-electron chi connectivity index (χ0n) is 13.0. The molecule has 0 aliphatic heterocycles. The molecule has 0 atom stereocenters. The van der Waals surface area contributed by atoms with Crippen molar-refractivity contribution in [2.75, 3.05) is 5.88 Å². The van der Waals surface area contributed by atoms with Crippen molar-refractivity contribution in [2.24, 2.45) is 10.4 Å². The van der Waals surface area contributed by atoms with Gasteiger partial charge in [-0.3, -0.25) is 4.79 Å². The Labute approximate surface area is 131 Å². The van der Waals surface area contributed by atoms with Gasteiger partial charge in [0.1, 0.15) is 11.7 Å². The molecule has 0 aliphatic carbocycles. The number of hydrogen-bond acceptors (Lipinski definition) is 3. The van der Waals surface area contributed by atoms with E-state index < -0.39 is 0 Å². The van der Waals surface area contributed by atoms with Crippen molar-refractivity contribution in [1.82, 2.24) is 5.32 Å². The maximum absolute atomic E-state index is 11.5. The van der Waals surface area contributed by atoms with E-state index in [1.165, 1.54) is 0 Å². The highest BCUT2D eigenvalue weighted by atomic mass is 35.5. The van der Waals surface area contributed by atoms with E-state index in [4.69, 9.17) is 17.0 Å². The van der Waals surface area contributed by atoms with Gasteiger partial charge in [0.2, 0.25) is 5.91 Å². The van der Waals surface area contributed by atoms with Crippen molar-refractivity contribution >= 4 is 34.7 Å². The lowest BCUT2D eigenvalue weighted by Gasteiger charge is -2.20. The Morgan fingerprint density at radius 3 is 2.33 bits per heavy atom. The van der Waals surface area contributed by atoms with Gasteiger partial charge in [-0.2, -0.15) is 0 Å². The minimum absolute atomic E-state index is 0.129. The molecule has 1 amide bonds. The van der Waals surface area contributed by atoms with Crippen LogP contribution in [0, 0.1) is 17.7 Å². The fourth-order valence-electron chi connectivity index (χ4n) is 1.51. The SMILES string of the molecule is Cc1ccc(N=C(CC(=N)C(C)(C)C)NC(=O)CCl)cc1. The van der Waals surface area contributed by atoms with Crippen molar-refractivity contribution in [3.05, 3.63) is 29.8 Å². The highest BCUT2D eigenvalue weighted by molar-refractivity contribution is 6.29. The van der Waals surface area contributed by atoms with E-state index in [-0.39, 0.29) is 17.2 Å². The molecule has 0 fully saturated rings. The maximum atomic E-state index is 11.5. The van der Waals surface area contributed by atoms with Crippen LogP contribution in [-0.2, 0) is 4.79 Å². The van der Waals surface area contributed by atoms with Crippen molar-refractivity contribution in [3.63, 3.8) is 0 Å². The molecule has 0 radical (unpaired) electrons. The second-order valence-electron chi connectivity index (χ2n) is 5.98. The number of nitrogens with zero attached hydrogens (tertiary/aromatic N) is 1. The molecule has 21 heavy (non-hydrogen) atoms. The van der Waals surface area contributed by atoms with E-state index in [1.54, 1.807) is 0 Å². The Morgan fingerprint density at radius 2 is 1.86 bits per heavy atom. The molecule has 0 unspecified atom stereocenters. The summed E-state index contributed by atoms with van der Waals surface area (Å²) >= 11 is 5.53. The molecule has 0 heterocycles. The Bertz CT molecular complexity index is 542. The topological polar surface area (TPSA) is 65.3 Å². The van der Waals surface area contributed by atoms with Crippen molar-refractivity contribution in [3.8, 4) is 0 Å². The van der Waals surface area contributed by atoms with Gasteiger partial charge in [0.15, 0.2) is 0 Å². The van der Waals surface area contributed by atoms with Crippen LogP contribution in [0.1, 0.15) is 32.8 Å². The summed E-state index contributed by atoms with van der Waals surface area (Å²) in [5.74, 6) is 0.00383. The number of nitrogens with one attached hydrogen (secondary N) is 2. The van der Waals surface area contributed by atoms with E-state index in [1.807, 2.05) is 52.0 Å². The smallest absolute Gasteiger partial charge is 0.240 e. The third kappa shape index (κ3) is 6.08. The third-order valence-corrected chi connectivity index (χ3v) is 3.20. The summed E-state index contributed by atoms with van der Waals surface area (Å²) in [4.78, 5) is 15.9. The Balaban J connectivity index is 2.98. The number of alkyl halides is 1. The number of aliphatic imine (C=N–C) groups is 1. The number of carbonyl (C=O) groups is 1. The fraction of sp³-hybridized carbons (Fsp3) is 0.438. The van der Waals surface area contributed by atoms with E-state index in [0.29, 0.717) is 18.0 Å². The van der Waals surface area contributed by atoms with Crippen molar-refractivity contribution in [1.29, 1.82) is 5.41 Å². The van der Waals surface area contributed by atoms with E-state index >= 15 is 0 Å². The molecule has 0 saturated carbocycles. The van der Waals surface area contributed by atoms with Crippen LogP contribution in [-0.4, -0.2) is 23.3 Å². The predicted molar refractivity (Wildman–Crippen MR) is 88.9 cm³/mol. The first kappa shape index (κ1) is 17.4. The van der Waals surface area contributed by atoms with Crippen LogP contribution in [0.5, 0.6) is 0 Å². The number of amides is 1. The highest BCUT2D eigenvalue weighted by Crippen LogP contribution is 2.19. The van der Waals surface area contributed by atoms with Gasteiger partial charge in [-0.15, -0.1) is 11.6 Å². The second-order valence-corrected chi connectivity index (χ2v) is 6.25. The molecule has 114 valence electrons. The third-order valence-electron chi connectivity index (χ3n) is 2.95. The van der Waals surface area contributed by atoms with Gasteiger partial charge in [-0.1, -0.05) is 38.5 Å². The van der Waals surface area contributed by atoms with E-state index in [0.717, 1.165) is 11.3 Å². The van der Waals surface area contributed by atoms with Crippen LogP contribution >= 0.6 is 11.6 Å². The molecule has 5 heteroatoms. The summed E-state index contributed by atoms with van der Waals surface area (Å²) in [5, 5.41) is 10.8. The van der Waals surface area contributed by atoms with Crippen LogP contribution < -0.4 is 5.32 Å². The summed E-state index contributed by atoms with van der Waals surface area (Å²) in [6, 6.07) is 7.66. The summed E-state index contributed by atoms with van der Waals surface area (Å²) in [6.45, 7) is 7.88. The second kappa shape index (κ2) is 7.36. The largest absolute Gasteiger partial charge is 0.313 e. The summed E-state index contributed by atoms with van der Waals surface area (Å²) < 4.78 is 0. The van der Waals surface area contributed by atoms with Crippen molar-refractivity contribution < 1.29 is 4.79 Å². The fourth-order valence-corrected chi connectivity index (χ4v) is 1.58. The zero-order chi connectivity index (χ0) is 16.0. The number of amidine groups is 1. The van der Waals surface area contributed by atoms with Crippen LogP contribution in [0.3, 0.4) is 0 Å². The average molecular weight is 308 g/mol. The van der Waals surface area contributed by atoms with Gasteiger partial charge in [-0.25, -0.2) is 4.99 Å². The van der Waals surface area contributed by atoms with Crippen LogP contribution in [0.2, 0.25) is 0 Å². The van der Waals surface area contributed by atoms with Gasteiger partial charge in [-0.05, 0) is 24.5 Å². The number of hydrogen-bond donors (Lipinski definition) is 2. The maximum Gasteiger partial charge on any atom is 0.240 e. The highest BCUT2D eigenvalue weighted by Gasteiger charge is 2.19. The van der Waals surface area contributed by atoms with Crippen LogP contribution in [0.15, 0.2) is 29.3 Å². The first-order valence-corrected chi connectivity index (χ1v) is 7.34. The normalized spacial score (nSPS) is 12.1. The van der Waals surface area contributed by atoms with E-state index in [2.05, 4.69) is 10.3 Å². The van der Waals surface area contributed by atoms with Crippen LogP contribution in [0.25, 0.3) is 0 Å². The minimum atomic E-state index is -0.316. The van der Waals surface area contributed by atoms with Crippen molar-refractivity contribution in [2.45, 2.75) is 34.1 Å². The molecule has 0 saturated heterocycles. The molecular formula is C16H22ClN3O. The monoisotopic (exact) mass is 307 g/mol. The lowest BCUT2D eigenvalue weighted by molar-refractivity contribution is -0.117. The Kier molecular flexibility index (Phi) is 6.09. The molecule has 1 rings (SSSR count). The first-order valence-electron chi connectivity index (χ1n) is 6.80. The lowest BCUT2D eigenvalue weighted by atomic mass is 9.88. The van der Waals surface area contributed by atoms with Gasteiger partial charge >= 0.3 is 0 Å². The molecule has 0 aliphatic rings. The van der Waals surface area contributed by atoms with Gasteiger partial charge in [0, 0.05) is 12.1 Å². The van der Waals surface area contributed by atoms with Gasteiger partial charge in [0.05, 0.1) is 5.69 Å². The standard InChI is InChI=1S/C16H22ClN3O/c1-11-5-7-12(8-6-11)19-14(20-15(21)10-17)9-13(18)16(2,3)4/h5-8,18H,9-10H2,1-4H3,(H,19,20,21). The zero-order valence-corrected chi connectivity index (χ0v) is 13.7. The number of aryl methyl sites for hydroxylation is 1.